The average molecular weight is 652 g/mol. The number of furan rings is 1. The lowest BCUT2D eigenvalue weighted by molar-refractivity contribution is 0.669. The van der Waals surface area contributed by atoms with E-state index in [-0.39, 0.29) is 0 Å². The molecule has 238 valence electrons. The van der Waals surface area contributed by atoms with Crippen molar-refractivity contribution in [2.24, 2.45) is 0 Å². The highest BCUT2D eigenvalue weighted by Gasteiger charge is 2.22. The molecule has 2 heterocycles. The van der Waals surface area contributed by atoms with Crippen molar-refractivity contribution < 1.29 is 4.42 Å². The van der Waals surface area contributed by atoms with E-state index in [4.69, 9.17) is 19.4 Å². The molecule has 0 spiro atoms. The number of benzene rings is 8. The van der Waals surface area contributed by atoms with Crippen LogP contribution in [0.4, 0.5) is 0 Å². The molecule has 0 amide bonds. The Morgan fingerprint density at radius 1 is 0.294 bits per heavy atom. The van der Waals surface area contributed by atoms with Crippen LogP contribution in [0.25, 0.3) is 99.9 Å². The number of aromatic nitrogens is 3. The first-order valence-electron chi connectivity index (χ1n) is 17.1. The molecule has 10 rings (SSSR count). The molecule has 0 saturated heterocycles. The molecule has 0 saturated carbocycles. The Labute approximate surface area is 294 Å². The highest BCUT2D eigenvalue weighted by molar-refractivity contribution is 6.21. The largest absolute Gasteiger partial charge is 0.455 e. The van der Waals surface area contributed by atoms with Crippen LogP contribution in [-0.4, -0.2) is 15.0 Å². The van der Waals surface area contributed by atoms with E-state index in [1.54, 1.807) is 0 Å². The summed E-state index contributed by atoms with van der Waals surface area (Å²) in [6.07, 6.45) is 0. The first kappa shape index (κ1) is 29.0. The van der Waals surface area contributed by atoms with Gasteiger partial charge in [0.25, 0.3) is 0 Å². The predicted molar refractivity (Wildman–Crippen MR) is 209 cm³/mol. The maximum Gasteiger partial charge on any atom is 0.167 e. The third-order valence-electron chi connectivity index (χ3n) is 9.75. The highest BCUT2D eigenvalue weighted by atomic mass is 16.3. The van der Waals surface area contributed by atoms with Gasteiger partial charge in [-0.2, -0.15) is 0 Å². The molecule has 0 unspecified atom stereocenters. The Morgan fingerprint density at radius 3 is 1.43 bits per heavy atom. The number of hydrogen-bond acceptors (Lipinski definition) is 4. The van der Waals surface area contributed by atoms with Crippen LogP contribution < -0.4 is 0 Å². The van der Waals surface area contributed by atoms with Crippen molar-refractivity contribution in [2.75, 3.05) is 0 Å². The van der Waals surface area contributed by atoms with Crippen molar-refractivity contribution in [2.45, 2.75) is 0 Å². The fourth-order valence-electron chi connectivity index (χ4n) is 7.39. The van der Waals surface area contributed by atoms with Gasteiger partial charge in [0.15, 0.2) is 17.5 Å². The normalized spacial score (nSPS) is 11.5. The summed E-state index contributed by atoms with van der Waals surface area (Å²) in [6.45, 7) is 0. The van der Waals surface area contributed by atoms with Crippen molar-refractivity contribution in [3.8, 4) is 56.4 Å². The predicted octanol–water partition coefficient (Wildman–Crippen LogP) is 12.4. The van der Waals surface area contributed by atoms with E-state index in [9.17, 15) is 0 Å². The summed E-state index contributed by atoms with van der Waals surface area (Å²) in [5, 5.41) is 6.55. The molecule has 51 heavy (non-hydrogen) atoms. The van der Waals surface area contributed by atoms with E-state index >= 15 is 0 Å². The van der Waals surface area contributed by atoms with E-state index in [0.29, 0.717) is 17.5 Å². The molecule has 0 atom stereocenters. The van der Waals surface area contributed by atoms with Crippen LogP contribution >= 0.6 is 0 Å². The molecule has 4 heteroatoms. The molecule has 8 aromatic carbocycles. The van der Waals surface area contributed by atoms with Gasteiger partial charge in [0.1, 0.15) is 11.2 Å². The summed E-state index contributed by atoms with van der Waals surface area (Å²) >= 11 is 0. The Bertz CT molecular complexity index is 2840. The SMILES string of the molecule is c1ccc(-c2ccc(-c3nc(-c4c5ccccc5c(-c5ccccc5)c5ccccc45)nc(-c4cccc5c4oc4ccccc45)n3)cc2)cc1. The lowest BCUT2D eigenvalue weighted by atomic mass is 9.88. The van der Waals surface area contributed by atoms with Gasteiger partial charge in [0.05, 0.1) is 5.56 Å². The molecule has 10 aromatic rings. The van der Waals surface area contributed by atoms with Crippen molar-refractivity contribution >= 4 is 43.5 Å². The van der Waals surface area contributed by atoms with Crippen LogP contribution in [0.2, 0.25) is 0 Å². The average Bonchev–Trinajstić information content (AvgIpc) is 3.59. The third-order valence-corrected chi connectivity index (χ3v) is 9.75. The van der Waals surface area contributed by atoms with Crippen molar-refractivity contribution in [3.05, 3.63) is 176 Å². The molecule has 0 fully saturated rings. The molecule has 0 aliphatic rings. The van der Waals surface area contributed by atoms with Crippen LogP contribution in [0.5, 0.6) is 0 Å². The quantitative estimate of drug-likeness (QED) is 0.174. The lowest BCUT2D eigenvalue weighted by Gasteiger charge is -2.17. The highest BCUT2D eigenvalue weighted by Crippen LogP contribution is 2.44. The van der Waals surface area contributed by atoms with Gasteiger partial charge >= 0.3 is 0 Å². The standard InChI is InChI=1S/C47H29N3O/c1-3-14-30(15-4-1)31-26-28-33(29-27-31)45-48-46(40-24-13-23-39-34-18-11-12-25-41(34)51-44(39)40)50-47(49-45)43-37-21-9-7-19-35(37)42(32-16-5-2-6-17-32)36-20-8-10-22-38(36)43/h1-29H. The topological polar surface area (TPSA) is 51.8 Å². The van der Waals surface area contributed by atoms with Crippen LogP contribution in [0, 0.1) is 0 Å². The number of para-hydroxylation sites is 2. The minimum atomic E-state index is 0.562. The van der Waals surface area contributed by atoms with Gasteiger partial charge in [-0.1, -0.05) is 164 Å². The van der Waals surface area contributed by atoms with Gasteiger partial charge in [0, 0.05) is 21.9 Å². The molecular weight excluding hydrogens is 623 g/mol. The van der Waals surface area contributed by atoms with Crippen molar-refractivity contribution in [1.82, 2.24) is 15.0 Å². The third kappa shape index (κ3) is 4.88. The van der Waals surface area contributed by atoms with E-state index in [0.717, 1.165) is 71.3 Å². The summed E-state index contributed by atoms with van der Waals surface area (Å²) in [4.78, 5) is 15.7. The Morgan fingerprint density at radius 2 is 0.765 bits per heavy atom. The molecule has 0 N–H and O–H groups in total. The fourth-order valence-corrected chi connectivity index (χ4v) is 7.39. The van der Waals surface area contributed by atoms with E-state index < -0.39 is 0 Å². The molecule has 0 radical (unpaired) electrons. The van der Waals surface area contributed by atoms with Gasteiger partial charge in [-0.15, -0.1) is 0 Å². The van der Waals surface area contributed by atoms with Gasteiger partial charge < -0.3 is 4.42 Å². The Balaban J connectivity index is 1.26. The maximum absolute atomic E-state index is 6.50. The van der Waals surface area contributed by atoms with Crippen LogP contribution in [-0.2, 0) is 0 Å². The number of hydrogen-bond donors (Lipinski definition) is 0. The van der Waals surface area contributed by atoms with Gasteiger partial charge in [0.2, 0.25) is 0 Å². The zero-order valence-corrected chi connectivity index (χ0v) is 27.5. The molecule has 2 aromatic heterocycles. The second-order valence-electron chi connectivity index (χ2n) is 12.7. The minimum Gasteiger partial charge on any atom is -0.455 e. The van der Waals surface area contributed by atoms with E-state index in [1.807, 2.05) is 30.3 Å². The summed E-state index contributed by atoms with van der Waals surface area (Å²) in [6, 6.07) is 61.0. The first-order chi connectivity index (χ1) is 25.3. The van der Waals surface area contributed by atoms with Gasteiger partial charge in [-0.05, 0) is 55.9 Å². The number of fused-ring (bicyclic) bond motifs is 5. The van der Waals surface area contributed by atoms with Gasteiger partial charge in [-0.3, -0.25) is 0 Å². The minimum absolute atomic E-state index is 0.562. The molecule has 0 aliphatic heterocycles. The van der Waals surface area contributed by atoms with Crippen LogP contribution in [0.1, 0.15) is 0 Å². The summed E-state index contributed by atoms with van der Waals surface area (Å²) in [7, 11) is 0. The maximum atomic E-state index is 6.50. The molecular formula is C47H29N3O. The lowest BCUT2D eigenvalue weighted by Crippen LogP contribution is -2.02. The number of rotatable bonds is 5. The van der Waals surface area contributed by atoms with Crippen LogP contribution in [0.15, 0.2) is 180 Å². The van der Waals surface area contributed by atoms with E-state index in [1.165, 1.54) is 11.1 Å². The van der Waals surface area contributed by atoms with E-state index in [2.05, 4.69) is 146 Å². The van der Waals surface area contributed by atoms with Crippen molar-refractivity contribution in [3.63, 3.8) is 0 Å². The van der Waals surface area contributed by atoms with Gasteiger partial charge in [-0.25, -0.2) is 15.0 Å². The first-order valence-corrected chi connectivity index (χ1v) is 17.1. The summed E-state index contributed by atoms with van der Waals surface area (Å²) in [5.74, 6) is 1.78. The monoisotopic (exact) mass is 651 g/mol. The Kier molecular flexibility index (Phi) is 6.78. The second-order valence-corrected chi connectivity index (χ2v) is 12.7. The van der Waals surface area contributed by atoms with Crippen LogP contribution in [0.3, 0.4) is 0 Å². The molecule has 4 nitrogen and oxygen atoms in total. The second kappa shape index (κ2) is 11.9. The number of nitrogens with zero attached hydrogens (tertiary/aromatic N) is 3. The summed E-state index contributed by atoms with van der Waals surface area (Å²) < 4.78 is 6.50. The zero-order valence-electron chi connectivity index (χ0n) is 27.5. The molecule has 0 aliphatic carbocycles. The molecule has 0 bridgehead atoms. The zero-order chi connectivity index (χ0) is 33.7. The smallest absolute Gasteiger partial charge is 0.167 e. The summed E-state index contributed by atoms with van der Waals surface area (Å²) in [5.41, 5.74) is 8.96. The fraction of sp³-hybridized carbons (Fsp3) is 0. The van der Waals surface area contributed by atoms with Crippen molar-refractivity contribution in [1.29, 1.82) is 0 Å². The Hall–Kier alpha value is -6.91.